The van der Waals surface area contributed by atoms with Gasteiger partial charge in [-0.15, -0.1) is 0 Å². The van der Waals surface area contributed by atoms with Crippen molar-refractivity contribution in [3.8, 4) is 11.8 Å². The maximum absolute atomic E-state index is 14.8. The van der Waals surface area contributed by atoms with E-state index in [2.05, 4.69) is 10.3 Å². The Morgan fingerprint density at radius 3 is 2.45 bits per heavy atom. The summed E-state index contributed by atoms with van der Waals surface area (Å²) >= 11 is 0. The predicted molar refractivity (Wildman–Crippen MR) is 113 cm³/mol. The van der Waals surface area contributed by atoms with Gasteiger partial charge in [-0.1, -0.05) is 0 Å². The molecule has 3 rings (SSSR count). The highest BCUT2D eigenvalue weighted by Crippen LogP contribution is 2.33. The standard InChI is InChI=1S/C22H29F4N3O4/c1-11(27-13(3)30)12(2)32-14-5-7-15(8-6-14)33-22-28-20-16(23)9-17(31-10-18(24)25)19(26)21(20)29(22)4/h9,11-12,14-15,18H,5-8,10H2,1-4H3,(H,27,30)/t11-,12-,14?,15?/m0/s1. The van der Waals surface area contributed by atoms with Crippen LogP contribution in [-0.2, 0) is 16.6 Å². The van der Waals surface area contributed by atoms with E-state index in [1.807, 2.05) is 13.8 Å². The molecule has 1 fully saturated rings. The quantitative estimate of drug-likeness (QED) is 0.553. The van der Waals surface area contributed by atoms with E-state index in [1.165, 1.54) is 18.5 Å². The third kappa shape index (κ3) is 6.07. The molecule has 1 aromatic carbocycles. The third-order valence-corrected chi connectivity index (χ3v) is 5.76. The molecule has 0 spiro atoms. The number of halogens is 4. The number of fused-ring (bicyclic) bond motifs is 1. The Balaban J connectivity index is 1.64. The second-order valence-electron chi connectivity index (χ2n) is 8.37. The van der Waals surface area contributed by atoms with E-state index in [0.717, 1.165) is 12.8 Å². The van der Waals surface area contributed by atoms with E-state index in [-0.39, 0.29) is 47.3 Å². The molecule has 1 heterocycles. The fourth-order valence-electron chi connectivity index (χ4n) is 3.92. The van der Waals surface area contributed by atoms with Gasteiger partial charge in [-0.3, -0.25) is 9.36 Å². The molecule has 0 saturated heterocycles. The zero-order valence-corrected chi connectivity index (χ0v) is 19.0. The molecule has 11 heteroatoms. The Hall–Kier alpha value is -2.56. The van der Waals surface area contributed by atoms with Crippen LogP contribution in [0, 0.1) is 11.6 Å². The first-order valence-corrected chi connectivity index (χ1v) is 10.9. The summed E-state index contributed by atoms with van der Waals surface area (Å²) in [5, 5.41) is 2.81. The van der Waals surface area contributed by atoms with Crippen molar-refractivity contribution in [1.82, 2.24) is 14.9 Å². The maximum atomic E-state index is 14.8. The van der Waals surface area contributed by atoms with Crippen LogP contribution in [0.2, 0.25) is 0 Å². The smallest absolute Gasteiger partial charge is 0.297 e. The normalized spacial score (nSPS) is 20.6. The molecule has 0 aliphatic heterocycles. The van der Waals surface area contributed by atoms with Crippen LogP contribution in [0.15, 0.2) is 6.07 Å². The molecule has 33 heavy (non-hydrogen) atoms. The van der Waals surface area contributed by atoms with E-state index < -0.39 is 30.4 Å². The van der Waals surface area contributed by atoms with Crippen LogP contribution in [0.1, 0.15) is 46.5 Å². The molecule has 0 bridgehead atoms. The Bertz CT molecular complexity index is 976. The van der Waals surface area contributed by atoms with Crippen LogP contribution in [0.5, 0.6) is 11.8 Å². The van der Waals surface area contributed by atoms with Gasteiger partial charge in [0.2, 0.25) is 5.91 Å². The zero-order valence-electron chi connectivity index (χ0n) is 19.0. The summed E-state index contributed by atoms with van der Waals surface area (Å²) < 4.78 is 71.9. The number of rotatable bonds is 9. The van der Waals surface area contributed by atoms with Gasteiger partial charge in [0, 0.05) is 20.0 Å². The van der Waals surface area contributed by atoms with Crippen molar-refractivity contribution >= 4 is 16.9 Å². The highest BCUT2D eigenvalue weighted by Gasteiger charge is 2.28. The minimum absolute atomic E-state index is 0.0148. The number of aromatic nitrogens is 2. The second-order valence-corrected chi connectivity index (χ2v) is 8.37. The van der Waals surface area contributed by atoms with Gasteiger partial charge < -0.3 is 19.5 Å². The van der Waals surface area contributed by atoms with Crippen molar-refractivity contribution in [2.45, 2.75) is 77.2 Å². The van der Waals surface area contributed by atoms with Crippen LogP contribution < -0.4 is 14.8 Å². The second kappa shape index (κ2) is 10.6. The number of carbonyl (C=O) groups excluding carboxylic acids is 1. The molecule has 0 radical (unpaired) electrons. The maximum Gasteiger partial charge on any atom is 0.297 e. The van der Waals surface area contributed by atoms with Crippen molar-refractivity contribution in [1.29, 1.82) is 0 Å². The lowest BCUT2D eigenvalue weighted by Gasteiger charge is -2.32. The van der Waals surface area contributed by atoms with Gasteiger partial charge in [0.15, 0.2) is 17.4 Å². The zero-order chi connectivity index (χ0) is 24.3. The Kier molecular flexibility index (Phi) is 8.04. The number of hydrogen-bond acceptors (Lipinski definition) is 5. The van der Waals surface area contributed by atoms with E-state index in [4.69, 9.17) is 14.2 Å². The average molecular weight is 475 g/mol. The topological polar surface area (TPSA) is 74.6 Å². The van der Waals surface area contributed by atoms with E-state index in [0.29, 0.717) is 18.9 Å². The van der Waals surface area contributed by atoms with E-state index >= 15 is 0 Å². The van der Waals surface area contributed by atoms with E-state index in [1.54, 1.807) is 0 Å². The summed E-state index contributed by atoms with van der Waals surface area (Å²) in [5.41, 5.74) is -0.473. The first-order chi connectivity index (χ1) is 15.6. The molecule has 0 unspecified atom stereocenters. The van der Waals surface area contributed by atoms with Crippen molar-refractivity contribution < 1.29 is 36.6 Å². The fourth-order valence-corrected chi connectivity index (χ4v) is 3.92. The molecule has 1 aliphatic carbocycles. The first kappa shape index (κ1) is 25.1. The molecule has 184 valence electrons. The van der Waals surface area contributed by atoms with Gasteiger partial charge in [-0.25, -0.2) is 17.6 Å². The summed E-state index contributed by atoms with van der Waals surface area (Å²) in [6.45, 7) is 4.21. The number of aryl methyl sites for hydroxylation is 1. The summed E-state index contributed by atoms with van der Waals surface area (Å²) in [7, 11) is 1.46. The number of carbonyl (C=O) groups is 1. The lowest BCUT2D eigenvalue weighted by molar-refractivity contribution is -0.121. The molecule has 1 amide bonds. The van der Waals surface area contributed by atoms with Crippen molar-refractivity contribution in [3.05, 3.63) is 17.7 Å². The number of hydrogen-bond donors (Lipinski definition) is 1. The van der Waals surface area contributed by atoms with Crippen molar-refractivity contribution in [3.63, 3.8) is 0 Å². The molecule has 7 nitrogen and oxygen atoms in total. The van der Waals surface area contributed by atoms with Gasteiger partial charge in [0.05, 0.1) is 18.2 Å². The SMILES string of the molecule is CC(=O)N[C@@H](C)[C@H](C)OC1CCC(Oc2nc3c(F)cc(OCC(F)F)c(F)c3n2C)CC1. The van der Waals surface area contributed by atoms with Gasteiger partial charge in [-0.2, -0.15) is 4.98 Å². The minimum Gasteiger partial charge on any atom is -0.484 e. The highest BCUT2D eigenvalue weighted by atomic mass is 19.3. The van der Waals surface area contributed by atoms with Gasteiger partial charge in [0.1, 0.15) is 23.7 Å². The van der Waals surface area contributed by atoms with E-state index in [9.17, 15) is 22.4 Å². The Labute approximate surface area is 189 Å². The minimum atomic E-state index is -2.82. The Morgan fingerprint density at radius 1 is 1.21 bits per heavy atom. The molecular formula is C22H29F4N3O4. The van der Waals surface area contributed by atoms with Gasteiger partial charge >= 0.3 is 0 Å². The summed E-state index contributed by atoms with van der Waals surface area (Å²) in [6, 6.07) is 0.629. The van der Waals surface area contributed by atoms with Gasteiger partial charge in [0.25, 0.3) is 12.4 Å². The Morgan fingerprint density at radius 2 is 1.85 bits per heavy atom. The fraction of sp³-hybridized carbons (Fsp3) is 0.636. The molecular weight excluding hydrogens is 446 g/mol. The number of benzene rings is 1. The van der Waals surface area contributed by atoms with Crippen LogP contribution >= 0.6 is 0 Å². The van der Waals surface area contributed by atoms with Crippen LogP contribution in [-0.4, -0.2) is 52.8 Å². The first-order valence-electron chi connectivity index (χ1n) is 10.9. The molecule has 2 aromatic rings. The molecule has 1 aromatic heterocycles. The van der Waals surface area contributed by atoms with Gasteiger partial charge in [-0.05, 0) is 39.5 Å². The largest absolute Gasteiger partial charge is 0.484 e. The number of nitrogens with zero attached hydrogens (tertiary/aromatic N) is 2. The summed E-state index contributed by atoms with van der Waals surface area (Å²) in [4.78, 5) is 15.3. The summed E-state index contributed by atoms with van der Waals surface area (Å²) in [6.07, 6.45) is -0.413. The number of ether oxygens (including phenoxy) is 3. The third-order valence-electron chi connectivity index (χ3n) is 5.76. The lowest BCUT2D eigenvalue weighted by atomic mass is 9.94. The highest BCUT2D eigenvalue weighted by molar-refractivity contribution is 5.80. The predicted octanol–water partition coefficient (Wildman–Crippen LogP) is 4.12. The van der Waals surface area contributed by atoms with Crippen molar-refractivity contribution in [2.24, 2.45) is 7.05 Å². The van der Waals surface area contributed by atoms with Crippen LogP contribution in [0.3, 0.4) is 0 Å². The van der Waals surface area contributed by atoms with Crippen LogP contribution in [0.25, 0.3) is 11.0 Å². The molecule has 1 saturated carbocycles. The molecule has 1 N–H and O–H groups in total. The van der Waals surface area contributed by atoms with Crippen molar-refractivity contribution in [2.75, 3.05) is 6.61 Å². The van der Waals surface area contributed by atoms with Crippen LogP contribution in [0.4, 0.5) is 17.6 Å². The summed E-state index contributed by atoms with van der Waals surface area (Å²) in [5.74, 6) is -2.58. The monoisotopic (exact) mass is 475 g/mol. The molecule has 1 aliphatic rings. The number of amides is 1. The average Bonchev–Trinajstić information content (AvgIpc) is 3.07. The number of nitrogens with one attached hydrogen (secondary N) is 1. The number of imidazole rings is 1. The number of alkyl halides is 2. The lowest BCUT2D eigenvalue weighted by Crippen LogP contribution is -2.42. The molecule has 2 atom stereocenters.